The number of hydrogen-bond donors (Lipinski definition) is 3. The Balaban J connectivity index is 1.86. The van der Waals surface area contributed by atoms with Gasteiger partial charge in [0.05, 0.1) is 17.5 Å². The van der Waals surface area contributed by atoms with E-state index in [9.17, 15) is 19.1 Å². The highest BCUT2D eigenvalue weighted by molar-refractivity contribution is 7.98. The molecule has 0 spiro atoms. The van der Waals surface area contributed by atoms with Gasteiger partial charge in [-0.15, -0.1) is 0 Å². The van der Waals surface area contributed by atoms with Gasteiger partial charge < -0.3 is 15.7 Å². The SMILES string of the molecule is CC(O)CNC(=O)C(=O)Nc1c2c(nn1-c1ccc(F)cc1)CSC2. The van der Waals surface area contributed by atoms with E-state index >= 15 is 0 Å². The lowest BCUT2D eigenvalue weighted by atomic mass is 10.2. The summed E-state index contributed by atoms with van der Waals surface area (Å²) in [5, 5.41) is 18.6. The molecule has 1 atom stereocenters. The third-order valence-corrected chi connectivity index (χ3v) is 4.59. The summed E-state index contributed by atoms with van der Waals surface area (Å²) in [6.07, 6.45) is -0.748. The van der Waals surface area contributed by atoms with Crippen LogP contribution < -0.4 is 10.6 Å². The van der Waals surface area contributed by atoms with Crippen molar-refractivity contribution in [1.82, 2.24) is 15.1 Å². The molecule has 0 saturated carbocycles. The van der Waals surface area contributed by atoms with Crippen molar-refractivity contribution in [3.05, 3.63) is 41.3 Å². The molecular weight excluding hydrogens is 347 g/mol. The fourth-order valence-electron chi connectivity index (χ4n) is 2.40. The van der Waals surface area contributed by atoms with Gasteiger partial charge >= 0.3 is 11.8 Å². The molecule has 3 rings (SSSR count). The van der Waals surface area contributed by atoms with E-state index in [0.717, 1.165) is 11.3 Å². The topological polar surface area (TPSA) is 96.2 Å². The molecule has 1 aliphatic heterocycles. The molecule has 0 saturated heterocycles. The number of rotatable bonds is 4. The number of anilines is 1. The second-order valence-electron chi connectivity index (χ2n) is 5.67. The van der Waals surface area contributed by atoms with Gasteiger partial charge in [0.1, 0.15) is 11.6 Å². The molecule has 1 aromatic heterocycles. The van der Waals surface area contributed by atoms with Crippen molar-refractivity contribution in [2.24, 2.45) is 0 Å². The average Bonchev–Trinajstić information content (AvgIpc) is 3.16. The molecule has 0 fully saturated rings. The van der Waals surface area contributed by atoms with Crippen LogP contribution >= 0.6 is 11.8 Å². The Bertz CT molecular complexity index is 804. The number of carbonyl (C=O) groups is 2. The van der Waals surface area contributed by atoms with Gasteiger partial charge in [-0.3, -0.25) is 9.59 Å². The zero-order valence-corrected chi connectivity index (χ0v) is 14.3. The highest BCUT2D eigenvalue weighted by Gasteiger charge is 2.26. The summed E-state index contributed by atoms with van der Waals surface area (Å²) in [6, 6.07) is 5.71. The lowest BCUT2D eigenvalue weighted by Gasteiger charge is -2.11. The highest BCUT2D eigenvalue weighted by Crippen LogP contribution is 2.36. The molecule has 3 N–H and O–H groups in total. The first-order chi connectivity index (χ1) is 12.0. The van der Waals surface area contributed by atoms with E-state index < -0.39 is 17.9 Å². The number of amides is 2. The average molecular weight is 364 g/mol. The van der Waals surface area contributed by atoms with Gasteiger partial charge in [-0.05, 0) is 31.2 Å². The molecule has 2 aromatic rings. The van der Waals surface area contributed by atoms with Gasteiger partial charge in [0.2, 0.25) is 0 Å². The van der Waals surface area contributed by atoms with Crippen molar-refractivity contribution >= 4 is 29.4 Å². The molecule has 1 unspecified atom stereocenters. The highest BCUT2D eigenvalue weighted by atomic mass is 32.2. The number of aromatic nitrogens is 2. The van der Waals surface area contributed by atoms with Gasteiger partial charge in [0.15, 0.2) is 0 Å². The van der Waals surface area contributed by atoms with Gasteiger partial charge in [0, 0.05) is 23.6 Å². The predicted molar refractivity (Wildman–Crippen MR) is 91.8 cm³/mol. The molecule has 7 nitrogen and oxygen atoms in total. The van der Waals surface area contributed by atoms with E-state index in [1.165, 1.54) is 23.7 Å². The summed E-state index contributed by atoms with van der Waals surface area (Å²) in [6.45, 7) is 1.49. The standard InChI is InChI=1S/C16H17FN4O3S/c1-9(22)6-18-15(23)16(24)19-14-12-7-25-8-13(12)20-21(14)11-4-2-10(17)3-5-11/h2-5,9,22H,6-8H2,1H3,(H,18,23)(H,19,24). The van der Waals surface area contributed by atoms with Crippen LogP contribution in [0.15, 0.2) is 24.3 Å². The summed E-state index contributed by atoms with van der Waals surface area (Å²) >= 11 is 1.66. The van der Waals surface area contributed by atoms with E-state index in [-0.39, 0.29) is 12.4 Å². The summed E-state index contributed by atoms with van der Waals surface area (Å²) in [5.74, 6) is -0.274. The van der Waals surface area contributed by atoms with E-state index in [1.54, 1.807) is 23.9 Å². The Hall–Kier alpha value is -2.39. The molecule has 1 aliphatic rings. The molecule has 132 valence electrons. The Morgan fingerprint density at radius 1 is 1.32 bits per heavy atom. The number of aliphatic hydroxyl groups excluding tert-OH is 1. The van der Waals surface area contributed by atoms with Crippen LogP contribution in [0.2, 0.25) is 0 Å². The van der Waals surface area contributed by atoms with Crippen molar-refractivity contribution in [2.45, 2.75) is 24.5 Å². The van der Waals surface area contributed by atoms with Crippen LogP contribution in [0.25, 0.3) is 5.69 Å². The van der Waals surface area contributed by atoms with Crippen molar-refractivity contribution < 1.29 is 19.1 Å². The van der Waals surface area contributed by atoms with E-state index in [0.29, 0.717) is 23.0 Å². The summed E-state index contributed by atoms with van der Waals surface area (Å²) < 4.78 is 14.7. The van der Waals surface area contributed by atoms with Crippen LogP contribution in [0, 0.1) is 5.82 Å². The second-order valence-corrected chi connectivity index (χ2v) is 6.65. The van der Waals surface area contributed by atoms with Crippen LogP contribution in [0.1, 0.15) is 18.2 Å². The largest absolute Gasteiger partial charge is 0.392 e. The Morgan fingerprint density at radius 2 is 2.04 bits per heavy atom. The van der Waals surface area contributed by atoms with Gasteiger partial charge in [-0.25, -0.2) is 9.07 Å². The van der Waals surface area contributed by atoms with Gasteiger partial charge in [0.25, 0.3) is 0 Å². The fraction of sp³-hybridized carbons (Fsp3) is 0.312. The Labute approximate surface area is 147 Å². The Kier molecular flexibility index (Phi) is 5.05. The number of nitrogens with zero attached hydrogens (tertiary/aromatic N) is 2. The van der Waals surface area contributed by atoms with Gasteiger partial charge in [-0.2, -0.15) is 16.9 Å². The number of halogens is 1. The third-order valence-electron chi connectivity index (χ3n) is 3.62. The first-order valence-corrected chi connectivity index (χ1v) is 8.83. The molecular formula is C16H17FN4O3S. The summed E-state index contributed by atoms with van der Waals surface area (Å²) in [4.78, 5) is 24.0. The number of benzene rings is 1. The first kappa shape index (κ1) is 17.4. The zero-order chi connectivity index (χ0) is 18.0. The molecule has 0 radical (unpaired) electrons. The minimum absolute atomic E-state index is 0.0164. The number of thioether (sulfide) groups is 1. The lowest BCUT2D eigenvalue weighted by molar-refractivity contribution is -0.136. The minimum Gasteiger partial charge on any atom is -0.392 e. The fourth-order valence-corrected chi connectivity index (χ4v) is 3.43. The van der Waals surface area contributed by atoms with E-state index in [1.807, 2.05) is 0 Å². The first-order valence-electron chi connectivity index (χ1n) is 7.67. The van der Waals surface area contributed by atoms with Crippen LogP contribution in [0.5, 0.6) is 0 Å². The third kappa shape index (κ3) is 3.83. The second kappa shape index (κ2) is 7.24. The molecule has 0 bridgehead atoms. The number of aliphatic hydroxyl groups is 1. The number of carbonyl (C=O) groups excluding carboxylic acids is 2. The maximum atomic E-state index is 13.2. The van der Waals surface area contributed by atoms with Crippen molar-refractivity contribution in [1.29, 1.82) is 0 Å². The predicted octanol–water partition coefficient (Wildman–Crippen LogP) is 1.19. The zero-order valence-electron chi connectivity index (χ0n) is 13.5. The monoisotopic (exact) mass is 364 g/mol. The van der Waals surface area contributed by atoms with Crippen LogP contribution in [0.4, 0.5) is 10.2 Å². The maximum Gasteiger partial charge on any atom is 0.314 e. The smallest absolute Gasteiger partial charge is 0.314 e. The van der Waals surface area contributed by atoms with Crippen LogP contribution in [-0.4, -0.2) is 39.4 Å². The van der Waals surface area contributed by atoms with E-state index in [4.69, 9.17) is 0 Å². The van der Waals surface area contributed by atoms with Crippen molar-refractivity contribution in [2.75, 3.05) is 11.9 Å². The number of fused-ring (bicyclic) bond motifs is 1. The summed E-state index contributed by atoms with van der Waals surface area (Å²) in [7, 11) is 0. The lowest BCUT2D eigenvalue weighted by Crippen LogP contribution is -2.39. The van der Waals surface area contributed by atoms with Crippen LogP contribution in [0.3, 0.4) is 0 Å². The number of hydrogen-bond acceptors (Lipinski definition) is 5. The van der Waals surface area contributed by atoms with Crippen molar-refractivity contribution in [3.63, 3.8) is 0 Å². The van der Waals surface area contributed by atoms with Crippen molar-refractivity contribution in [3.8, 4) is 5.69 Å². The Morgan fingerprint density at radius 3 is 2.72 bits per heavy atom. The molecule has 0 aliphatic carbocycles. The molecule has 2 amide bonds. The number of nitrogens with one attached hydrogen (secondary N) is 2. The molecule has 2 heterocycles. The molecule has 25 heavy (non-hydrogen) atoms. The quantitative estimate of drug-likeness (QED) is 0.709. The minimum atomic E-state index is -0.844. The maximum absolute atomic E-state index is 13.2. The molecule has 9 heteroatoms. The van der Waals surface area contributed by atoms with E-state index in [2.05, 4.69) is 15.7 Å². The summed E-state index contributed by atoms with van der Waals surface area (Å²) in [5.41, 5.74) is 2.26. The normalized spacial score (nSPS) is 14.0. The van der Waals surface area contributed by atoms with Crippen LogP contribution in [-0.2, 0) is 21.1 Å². The van der Waals surface area contributed by atoms with Gasteiger partial charge in [-0.1, -0.05) is 0 Å². The molecule has 1 aromatic carbocycles.